The quantitative estimate of drug-likeness (QED) is 0.862. The van der Waals surface area contributed by atoms with Gasteiger partial charge in [0.2, 0.25) is 5.91 Å². The van der Waals surface area contributed by atoms with Gasteiger partial charge in [0.1, 0.15) is 11.5 Å². The summed E-state index contributed by atoms with van der Waals surface area (Å²) in [6, 6.07) is 8.27. The molecule has 2 aromatic rings. The van der Waals surface area contributed by atoms with Crippen LogP contribution in [0.25, 0.3) is 10.9 Å². The molecule has 1 aromatic carbocycles. The Balaban J connectivity index is 1.89. The van der Waals surface area contributed by atoms with Crippen LogP contribution in [-0.2, 0) is 11.3 Å². The molecule has 1 fully saturated rings. The predicted molar refractivity (Wildman–Crippen MR) is 88.2 cm³/mol. The fourth-order valence-electron chi connectivity index (χ4n) is 2.84. The molecule has 0 atom stereocenters. The van der Waals surface area contributed by atoms with E-state index >= 15 is 0 Å². The summed E-state index contributed by atoms with van der Waals surface area (Å²) in [7, 11) is 0. The topological polar surface area (TPSA) is 51.3 Å². The van der Waals surface area contributed by atoms with Crippen molar-refractivity contribution in [1.29, 1.82) is 0 Å². The van der Waals surface area contributed by atoms with Gasteiger partial charge in [0.15, 0.2) is 0 Å². The Morgan fingerprint density at radius 2 is 2.19 bits per heavy atom. The Morgan fingerprint density at radius 1 is 1.43 bits per heavy atom. The molecule has 5 heteroatoms. The van der Waals surface area contributed by atoms with Gasteiger partial charge in [-0.3, -0.25) is 4.79 Å². The zero-order valence-electron chi connectivity index (χ0n) is 12.1. The summed E-state index contributed by atoms with van der Waals surface area (Å²) in [4.78, 5) is 14.8. The molecule has 0 bridgehead atoms. The number of thiocarbonyl (C=S) groups is 1. The first-order chi connectivity index (χ1) is 10.1. The first kappa shape index (κ1) is 14.1. The molecule has 110 valence electrons. The van der Waals surface area contributed by atoms with Gasteiger partial charge >= 0.3 is 0 Å². The van der Waals surface area contributed by atoms with Gasteiger partial charge in [-0.05, 0) is 31.9 Å². The van der Waals surface area contributed by atoms with Crippen LogP contribution in [-0.4, -0.2) is 32.9 Å². The third-order valence-corrected chi connectivity index (χ3v) is 4.25. The lowest BCUT2D eigenvalue weighted by Crippen LogP contribution is -2.35. The van der Waals surface area contributed by atoms with E-state index in [0.29, 0.717) is 17.6 Å². The number of benzene rings is 1. The number of rotatable bonds is 5. The molecule has 1 heterocycles. The Hall–Kier alpha value is -1.88. The molecule has 0 radical (unpaired) electrons. The third kappa shape index (κ3) is 2.65. The van der Waals surface area contributed by atoms with Crippen LogP contribution >= 0.6 is 12.2 Å². The second-order valence-electron chi connectivity index (χ2n) is 5.46. The van der Waals surface area contributed by atoms with Crippen LogP contribution in [0.15, 0.2) is 30.5 Å². The van der Waals surface area contributed by atoms with Crippen molar-refractivity contribution in [2.24, 2.45) is 5.73 Å². The number of hydrogen-bond donors (Lipinski definition) is 1. The van der Waals surface area contributed by atoms with Gasteiger partial charge in [-0.1, -0.05) is 24.4 Å². The number of nitrogens with two attached hydrogens (primary N) is 1. The van der Waals surface area contributed by atoms with E-state index in [-0.39, 0.29) is 5.91 Å². The van der Waals surface area contributed by atoms with Crippen LogP contribution in [0.5, 0.6) is 0 Å². The third-order valence-electron chi connectivity index (χ3n) is 4.03. The minimum atomic E-state index is 0.179. The van der Waals surface area contributed by atoms with Crippen LogP contribution in [0.2, 0.25) is 0 Å². The highest BCUT2D eigenvalue weighted by Crippen LogP contribution is 2.27. The number of aromatic nitrogens is 1. The Labute approximate surface area is 129 Å². The van der Waals surface area contributed by atoms with Gasteiger partial charge in [0.25, 0.3) is 0 Å². The predicted octanol–water partition coefficient (Wildman–Crippen LogP) is 2.29. The van der Waals surface area contributed by atoms with E-state index in [1.807, 2.05) is 46.9 Å². The van der Waals surface area contributed by atoms with E-state index in [1.165, 1.54) is 0 Å². The highest BCUT2D eigenvalue weighted by atomic mass is 32.1. The van der Waals surface area contributed by atoms with E-state index in [2.05, 4.69) is 0 Å². The van der Waals surface area contributed by atoms with E-state index in [4.69, 9.17) is 18.0 Å². The fourth-order valence-corrected chi connectivity index (χ4v) is 3.02. The maximum atomic E-state index is 12.4. The van der Waals surface area contributed by atoms with Gasteiger partial charge in [-0.2, -0.15) is 0 Å². The lowest BCUT2D eigenvalue weighted by atomic mass is 10.1. The van der Waals surface area contributed by atoms with E-state index < -0.39 is 0 Å². The van der Waals surface area contributed by atoms with Crippen LogP contribution in [0, 0.1) is 0 Å². The summed E-state index contributed by atoms with van der Waals surface area (Å²) >= 11 is 5.08. The number of carbonyl (C=O) groups excluding carboxylic acids is 1. The molecular weight excluding hydrogens is 282 g/mol. The van der Waals surface area contributed by atoms with Crippen molar-refractivity contribution in [2.45, 2.75) is 32.4 Å². The number of fused-ring (bicyclic) bond motifs is 1. The minimum absolute atomic E-state index is 0.179. The average molecular weight is 301 g/mol. The summed E-state index contributed by atoms with van der Waals surface area (Å²) in [5.74, 6) is 0.179. The van der Waals surface area contributed by atoms with Crippen molar-refractivity contribution in [3.05, 3.63) is 36.0 Å². The lowest BCUT2D eigenvalue weighted by molar-refractivity contribution is -0.132. The maximum absolute atomic E-state index is 12.4. The summed E-state index contributed by atoms with van der Waals surface area (Å²) in [5, 5.41) is 1.01. The average Bonchev–Trinajstić information content (AvgIpc) is 3.21. The van der Waals surface area contributed by atoms with Gasteiger partial charge < -0.3 is 15.2 Å². The molecule has 1 saturated carbocycles. The molecule has 3 rings (SSSR count). The molecule has 0 saturated heterocycles. The SMILES string of the molecule is CCN(C(=O)Cn1ccc2c(C(N)=S)cccc21)C1CC1. The van der Waals surface area contributed by atoms with E-state index in [1.54, 1.807) is 0 Å². The molecular formula is C16H19N3OS. The second-order valence-corrected chi connectivity index (χ2v) is 5.90. The highest BCUT2D eigenvalue weighted by Gasteiger charge is 2.31. The van der Waals surface area contributed by atoms with Crippen molar-refractivity contribution >= 4 is 34.0 Å². The molecule has 1 aliphatic rings. The first-order valence-corrected chi connectivity index (χ1v) is 7.69. The molecule has 21 heavy (non-hydrogen) atoms. The highest BCUT2D eigenvalue weighted by molar-refractivity contribution is 7.80. The normalized spacial score (nSPS) is 14.3. The number of carbonyl (C=O) groups is 1. The standard InChI is InChI=1S/C16H19N3OS/c1-2-19(11-6-7-11)15(20)10-18-9-8-12-13(16(17)21)4-3-5-14(12)18/h3-5,8-9,11H,2,6-7,10H2,1H3,(H2,17,21). The summed E-state index contributed by atoms with van der Waals surface area (Å²) < 4.78 is 1.98. The fraction of sp³-hybridized carbons (Fsp3) is 0.375. The van der Waals surface area contributed by atoms with Crippen molar-refractivity contribution in [1.82, 2.24) is 9.47 Å². The molecule has 4 nitrogen and oxygen atoms in total. The van der Waals surface area contributed by atoms with Gasteiger partial charge in [0, 0.05) is 35.2 Å². The molecule has 0 aliphatic heterocycles. The van der Waals surface area contributed by atoms with E-state index in [9.17, 15) is 4.79 Å². The molecule has 1 aromatic heterocycles. The van der Waals surface area contributed by atoms with Crippen LogP contribution in [0.1, 0.15) is 25.3 Å². The first-order valence-electron chi connectivity index (χ1n) is 7.29. The maximum Gasteiger partial charge on any atom is 0.242 e. The number of hydrogen-bond acceptors (Lipinski definition) is 2. The summed E-state index contributed by atoms with van der Waals surface area (Å²) in [6.45, 7) is 3.18. The second kappa shape index (κ2) is 5.48. The van der Waals surface area contributed by atoms with Gasteiger partial charge in [0.05, 0.1) is 0 Å². The molecule has 1 amide bonds. The van der Waals surface area contributed by atoms with E-state index in [0.717, 1.165) is 35.9 Å². The van der Waals surface area contributed by atoms with Crippen molar-refractivity contribution in [3.63, 3.8) is 0 Å². The van der Waals surface area contributed by atoms with Crippen molar-refractivity contribution in [2.75, 3.05) is 6.54 Å². The molecule has 0 spiro atoms. The Morgan fingerprint density at radius 3 is 2.81 bits per heavy atom. The summed E-state index contributed by atoms with van der Waals surface area (Å²) in [5.41, 5.74) is 7.62. The smallest absolute Gasteiger partial charge is 0.242 e. The monoisotopic (exact) mass is 301 g/mol. The Bertz CT molecular complexity index is 703. The largest absolute Gasteiger partial charge is 0.389 e. The van der Waals surface area contributed by atoms with Crippen molar-refractivity contribution < 1.29 is 4.79 Å². The summed E-state index contributed by atoms with van der Waals surface area (Å²) in [6.07, 6.45) is 4.21. The number of likely N-dealkylation sites (N-methyl/N-ethyl adjacent to an activating group) is 1. The molecule has 1 aliphatic carbocycles. The molecule has 0 unspecified atom stereocenters. The zero-order valence-corrected chi connectivity index (χ0v) is 12.9. The van der Waals surface area contributed by atoms with Gasteiger partial charge in [-0.15, -0.1) is 0 Å². The van der Waals surface area contributed by atoms with Crippen LogP contribution in [0.3, 0.4) is 0 Å². The zero-order chi connectivity index (χ0) is 15.0. The van der Waals surface area contributed by atoms with Crippen LogP contribution < -0.4 is 5.73 Å². The number of nitrogens with zero attached hydrogens (tertiary/aromatic N) is 2. The minimum Gasteiger partial charge on any atom is -0.389 e. The molecule has 2 N–H and O–H groups in total. The number of amides is 1. The van der Waals surface area contributed by atoms with Gasteiger partial charge in [-0.25, -0.2) is 0 Å². The lowest BCUT2D eigenvalue weighted by Gasteiger charge is -2.20. The van der Waals surface area contributed by atoms with Crippen LogP contribution in [0.4, 0.5) is 0 Å². The Kier molecular flexibility index (Phi) is 3.68. The van der Waals surface area contributed by atoms with Crippen molar-refractivity contribution in [3.8, 4) is 0 Å².